The smallest absolute Gasteiger partial charge is 0.269 e. The Morgan fingerprint density at radius 3 is 2.86 bits per heavy atom. The molecule has 114 valence electrons. The Kier molecular flexibility index (Phi) is 4.60. The quantitative estimate of drug-likeness (QED) is 0.758. The molecule has 0 aliphatic heterocycles. The maximum Gasteiger partial charge on any atom is 0.269 e. The highest BCUT2D eigenvalue weighted by atomic mass is 32.1. The van der Waals surface area contributed by atoms with Gasteiger partial charge in [0, 0.05) is 18.9 Å². The number of rotatable bonds is 6. The number of hydrogen-bond acceptors (Lipinski definition) is 6. The molecule has 1 unspecified atom stereocenters. The minimum Gasteiger partial charge on any atom is -0.333 e. The molecule has 0 radical (unpaired) electrons. The lowest BCUT2D eigenvalue weighted by Gasteiger charge is -2.04. The molecule has 0 saturated carbocycles. The van der Waals surface area contributed by atoms with Crippen LogP contribution in [0.1, 0.15) is 23.3 Å². The van der Waals surface area contributed by atoms with Gasteiger partial charge in [0.25, 0.3) is 5.89 Å². The second kappa shape index (κ2) is 6.81. The Balaban J connectivity index is 1.71. The Morgan fingerprint density at radius 1 is 1.27 bits per heavy atom. The summed E-state index contributed by atoms with van der Waals surface area (Å²) in [5, 5.41) is 8.23. The standard InChI is InChI=1S/C16H18N4OS/c1-11(17-2)8-14-19-16(21-20-14)13-10-18-15(22-13)9-12-6-4-3-5-7-12/h3-7,10-11,17H,8-9H2,1-2H3. The molecule has 0 amide bonds. The van der Waals surface area contributed by atoms with Gasteiger partial charge in [-0.3, -0.25) is 0 Å². The van der Waals surface area contributed by atoms with E-state index in [-0.39, 0.29) is 0 Å². The van der Waals surface area contributed by atoms with Crippen LogP contribution in [0.15, 0.2) is 41.1 Å². The van der Waals surface area contributed by atoms with Gasteiger partial charge < -0.3 is 9.84 Å². The van der Waals surface area contributed by atoms with Crippen LogP contribution in [-0.4, -0.2) is 28.2 Å². The molecule has 1 atom stereocenters. The Morgan fingerprint density at radius 2 is 2.09 bits per heavy atom. The van der Waals surface area contributed by atoms with Crippen LogP contribution in [0.25, 0.3) is 10.8 Å². The van der Waals surface area contributed by atoms with Gasteiger partial charge in [0.1, 0.15) is 4.88 Å². The molecule has 0 aliphatic rings. The summed E-state index contributed by atoms with van der Waals surface area (Å²) in [4.78, 5) is 9.81. The van der Waals surface area contributed by atoms with Gasteiger partial charge in [-0.2, -0.15) is 4.98 Å². The third-order valence-electron chi connectivity index (χ3n) is 3.41. The van der Waals surface area contributed by atoms with Crippen LogP contribution in [0.2, 0.25) is 0 Å². The Hall–Kier alpha value is -2.05. The number of benzene rings is 1. The van der Waals surface area contributed by atoms with Gasteiger partial charge in [0.2, 0.25) is 0 Å². The summed E-state index contributed by atoms with van der Waals surface area (Å²) in [6.07, 6.45) is 3.38. The van der Waals surface area contributed by atoms with E-state index < -0.39 is 0 Å². The van der Waals surface area contributed by atoms with Crippen LogP contribution in [-0.2, 0) is 12.8 Å². The van der Waals surface area contributed by atoms with Crippen LogP contribution in [0, 0.1) is 0 Å². The predicted octanol–water partition coefficient (Wildman–Crippen LogP) is 2.93. The molecule has 1 aromatic carbocycles. The van der Waals surface area contributed by atoms with Crippen molar-refractivity contribution in [1.82, 2.24) is 20.4 Å². The van der Waals surface area contributed by atoms with Gasteiger partial charge in [-0.25, -0.2) is 4.98 Å². The van der Waals surface area contributed by atoms with E-state index in [0.717, 1.165) is 28.6 Å². The van der Waals surface area contributed by atoms with Crippen molar-refractivity contribution in [3.63, 3.8) is 0 Å². The van der Waals surface area contributed by atoms with Crippen molar-refractivity contribution in [2.75, 3.05) is 7.05 Å². The fourth-order valence-electron chi connectivity index (χ4n) is 2.07. The average molecular weight is 314 g/mol. The summed E-state index contributed by atoms with van der Waals surface area (Å²) in [6.45, 7) is 2.08. The van der Waals surface area contributed by atoms with Gasteiger partial charge in [0.15, 0.2) is 5.82 Å². The van der Waals surface area contributed by atoms with Crippen LogP contribution in [0.5, 0.6) is 0 Å². The highest BCUT2D eigenvalue weighted by Gasteiger charge is 2.14. The number of nitrogens with zero attached hydrogens (tertiary/aromatic N) is 3. The zero-order valence-electron chi connectivity index (χ0n) is 12.6. The molecule has 22 heavy (non-hydrogen) atoms. The molecule has 1 N–H and O–H groups in total. The first kappa shape index (κ1) is 14.9. The van der Waals surface area contributed by atoms with Crippen molar-refractivity contribution < 1.29 is 4.52 Å². The van der Waals surface area contributed by atoms with Gasteiger partial charge in [-0.05, 0) is 19.5 Å². The summed E-state index contributed by atoms with van der Waals surface area (Å²) in [6, 6.07) is 10.6. The Labute approximate surface area is 133 Å². The van der Waals surface area contributed by atoms with E-state index in [1.807, 2.05) is 31.4 Å². The van der Waals surface area contributed by atoms with E-state index in [9.17, 15) is 0 Å². The molecule has 3 aromatic rings. The maximum atomic E-state index is 5.34. The molecule has 3 rings (SSSR count). The highest BCUT2D eigenvalue weighted by Crippen LogP contribution is 2.26. The van der Waals surface area contributed by atoms with Gasteiger partial charge in [0.05, 0.1) is 11.2 Å². The first-order chi connectivity index (χ1) is 10.7. The van der Waals surface area contributed by atoms with E-state index >= 15 is 0 Å². The van der Waals surface area contributed by atoms with Crippen molar-refractivity contribution in [3.05, 3.63) is 52.9 Å². The molecular weight excluding hydrogens is 296 g/mol. The molecule has 6 heteroatoms. The molecule has 5 nitrogen and oxygen atoms in total. The zero-order valence-corrected chi connectivity index (χ0v) is 13.4. The number of thiazole rings is 1. The normalized spacial score (nSPS) is 12.5. The third kappa shape index (κ3) is 3.58. The van der Waals surface area contributed by atoms with E-state index in [2.05, 4.69) is 39.5 Å². The molecule has 2 heterocycles. The number of aromatic nitrogens is 3. The van der Waals surface area contributed by atoms with Crippen LogP contribution in [0.4, 0.5) is 0 Å². The molecule has 0 spiro atoms. The fourth-order valence-corrected chi connectivity index (χ4v) is 2.95. The van der Waals surface area contributed by atoms with Gasteiger partial charge in [-0.15, -0.1) is 11.3 Å². The SMILES string of the molecule is CNC(C)Cc1noc(-c2cnc(Cc3ccccc3)s2)n1. The minimum atomic E-state index is 0.320. The first-order valence-electron chi connectivity index (χ1n) is 7.23. The second-order valence-corrected chi connectivity index (χ2v) is 6.31. The number of likely N-dealkylation sites (N-methyl/N-ethyl adjacent to an activating group) is 1. The van der Waals surface area contributed by atoms with Crippen molar-refractivity contribution >= 4 is 11.3 Å². The van der Waals surface area contributed by atoms with Crippen LogP contribution >= 0.6 is 11.3 Å². The third-order valence-corrected chi connectivity index (χ3v) is 4.40. The zero-order chi connectivity index (χ0) is 15.4. The summed E-state index contributed by atoms with van der Waals surface area (Å²) in [7, 11) is 1.92. The summed E-state index contributed by atoms with van der Waals surface area (Å²) in [5.41, 5.74) is 1.25. The lowest BCUT2D eigenvalue weighted by Crippen LogP contribution is -2.24. The number of hydrogen-bond donors (Lipinski definition) is 1. The first-order valence-corrected chi connectivity index (χ1v) is 8.05. The van der Waals surface area contributed by atoms with Crippen molar-refractivity contribution in [3.8, 4) is 10.8 Å². The summed E-state index contributed by atoms with van der Waals surface area (Å²) in [5.74, 6) is 1.27. The predicted molar refractivity (Wildman–Crippen MR) is 86.9 cm³/mol. The summed E-state index contributed by atoms with van der Waals surface area (Å²) >= 11 is 1.60. The van der Waals surface area contributed by atoms with E-state index in [4.69, 9.17) is 4.52 Å². The molecule has 0 fully saturated rings. The minimum absolute atomic E-state index is 0.320. The largest absolute Gasteiger partial charge is 0.333 e. The van der Waals surface area contributed by atoms with Gasteiger partial charge in [-0.1, -0.05) is 35.5 Å². The summed E-state index contributed by atoms with van der Waals surface area (Å²) < 4.78 is 5.34. The molecule has 2 aromatic heterocycles. The molecule has 0 bridgehead atoms. The van der Waals surface area contributed by atoms with E-state index in [1.165, 1.54) is 5.56 Å². The average Bonchev–Trinajstić information content (AvgIpc) is 3.17. The molecule has 0 aliphatic carbocycles. The van der Waals surface area contributed by atoms with Crippen LogP contribution < -0.4 is 5.32 Å². The fraction of sp³-hybridized carbons (Fsp3) is 0.312. The van der Waals surface area contributed by atoms with Crippen molar-refractivity contribution in [1.29, 1.82) is 0 Å². The molecule has 0 saturated heterocycles. The topological polar surface area (TPSA) is 63.8 Å². The van der Waals surface area contributed by atoms with E-state index in [1.54, 1.807) is 11.3 Å². The van der Waals surface area contributed by atoms with Crippen molar-refractivity contribution in [2.45, 2.75) is 25.8 Å². The second-order valence-electron chi connectivity index (χ2n) is 5.19. The monoisotopic (exact) mass is 314 g/mol. The van der Waals surface area contributed by atoms with Crippen LogP contribution in [0.3, 0.4) is 0 Å². The van der Waals surface area contributed by atoms with Gasteiger partial charge >= 0.3 is 0 Å². The van der Waals surface area contributed by atoms with Crippen molar-refractivity contribution in [2.24, 2.45) is 0 Å². The lowest BCUT2D eigenvalue weighted by molar-refractivity contribution is 0.419. The van der Waals surface area contributed by atoms with E-state index in [0.29, 0.717) is 11.9 Å². The highest BCUT2D eigenvalue weighted by molar-refractivity contribution is 7.15. The maximum absolute atomic E-state index is 5.34. The number of nitrogens with one attached hydrogen (secondary N) is 1. The Bertz CT molecular complexity index is 723. The lowest BCUT2D eigenvalue weighted by atomic mass is 10.2. The molecular formula is C16H18N4OS.